The molecule has 0 aliphatic carbocycles. The van der Waals surface area contributed by atoms with Crippen molar-refractivity contribution in [3.63, 3.8) is 0 Å². The molecule has 0 aliphatic rings. The van der Waals surface area contributed by atoms with E-state index in [2.05, 4.69) is 10.6 Å². The van der Waals surface area contributed by atoms with Crippen molar-refractivity contribution in [1.29, 1.82) is 0 Å². The van der Waals surface area contributed by atoms with Crippen LogP contribution in [0.4, 0.5) is 11.4 Å². The predicted molar refractivity (Wildman–Crippen MR) is 94.1 cm³/mol. The molecule has 4 nitrogen and oxygen atoms in total. The van der Waals surface area contributed by atoms with Crippen LogP contribution in [0, 0.1) is 13.8 Å². The molecule has 0 aliphatic heterocycles. The lowest BCUT2D eigenvalue weighted by Crippen LogP contribution is -2.16. The fraction of sp³-hybridized carbons (Fsp3) is 0.263. The van der Waals surface area contributed by atoms with E-state index >= 15 is 0 Å². The molecule has 0 heterocycles. The van der Waals surface area contributed by atoms with Crippen LogP contribution in [0.5, 0.6) is 0 Å². The van der Waals surface area contributed by atoms with Crippen LogP contribution in [-0.4, -0.2) is 18.2 Å². The van der Waals surface area contributed by atoms with E-state index in [0.717, 1.165) is 16.9 Å². The number of hydrogen-bond donors (Lipinski definition) is 2. The molecule has 0 saturated carbocycles. The van der Waals surface area contributed by atoms with Crippen molar-refractivity contribution in [1.82, 2.24) is 0 Å². The molecule has 0 aromatic heterocycles. The summed E-state index contributed by atoms with van der Waals surface area (Å²) < 4.78 is 0. The molecule has 0 unspecified atom stereocenters. The zero-order valence-corrected chi connectivity index (χ0v) is 13.8. The fourth-order valence-corrected chi connectivity index (χ4v) is 2.21. The average molecular weight is 310 g/mol. The van der Waals surface area contributed by atoms with Gasteiger partial charge in [-0.05, 0) is 56.2 Å². The predicted octanol–water partition coefficient (Wildman–Crippen LogP) is 3.95. The molecule has 0 radical (unpaired) electrons. The number of aryl methyl sites for hydroxylation is 2. The average Bonchev–Trinajstić information content (AvgIpc) is 2.51. The van der Waals surface area contributed by atoms with Crippen molar-refractivity contribution in [2.24, 2.45) is 0 Å². The van der Waals surface area contributed by atoms with Crippen molar-refractivity contribution >= 4 is 23.1 Å². The number of nitrogens with one attached hydrogen (secondary N) is 2. The van der Waals surface area contributed by atoms with E-state index in [4.69, 9.17) is 0 Å². The van der Waals surface area contributed by atoms with Crippen LogP contribution in [0.15, 0.2) is 42.5 Å². The Kier molecular flexibility index (Phi) is 5.52. The van der Waals surface area contributed by atoms with Gasteiger partial charge in [-0.15, -0.1) is 0 Å². The molecule has 0 saturated heterocycles. The highest BCUT2D eigenvalue weighted by Gasteiger charge is 2.04. The number of Topliss-reactive ketones (excluding diaryl/α,β-unsaturated/α-hetero) is 1. The highest BCUT2D eigenvalue weighted by Crippen LogP contribution is 2.15. The monoisotopic (exact) mass is 310 g/mol. The van der Waals surface area contributed by atoms with E-state index in [1.807, 2.05) is 44.2 Å². The van der Waals surface area contributed by atoms with E-state index in [1.54, 1.807) is 12.1 Å². The molecule has 23 heavy (non-hydrogen) atoms. The SMILES string of the molecule is CC(=O)c1cccc(NCCC(=O)Nc2ccc(C)c(C)c2)c1. The minimum absolute atomic E-state index is 0.0288. The first-order valence-electron chi connectivity index (χ1n) is 7.67. The number of amides is 1. The standard InChI is InChI=1S/C19H22N2O2/c1-13-7-8-18(11-14(13)2)21-19(23)9-10-20-17-6-4-5-16(12-17)15(3)22/h4-8,11-12,20H,9-10H2,1-3H3,(H,21,23). The summed E-state index contributed by atoms with van der Waals surface area (Å²) >= 11 is 0. The molecular formula is C19H22N2O2. The molecule has 2 aromatic rings. The van der Waals surface area contributed by atoms with Gasteiger partial charge in [0.2, 0.25) is 5.91 Å². The van der Waals surface area contributed by atoms with Crippen LogP contribution in [0.3, 0.4) is 0 Å². The third-order valence-corrected chi connectivity index (χ3v) is 3.74. The Hall–Kier alpha value is -2.62. The number of anilines is 2. The van der Waals surface area contributed by atoms with Crippen LogP contribution in [-0.2, 0) is 4.79 Å². The van der Waals surface area contributed by atoms with Gasteiger partial charge in [-0.25, -0.2) is 0 Å². The first-order valence-corrected chi connectivity index (χ1v) is 7.67. The quantitative estimate of drug-likeness (QED) is 0.794. The Morgan fingerprint density at radius 3 is 2.43 bits per heavy atom. The van der Waals surface area contributed by atoms with Gasteiger partial charge in [-0.3, -0.25) is 9.59 Å². The maximum absolute atomic E-state index is 12.0. The number of carbonyl (C=O) groups excluding carboxylic acids is 2. The summed E-state index contributed by atoms with van der Waals surface area (Å²) in [6.07, 6.45) is 0.358. The van der Waals surface area contributed by atoms with Gasteiger partial charge in [0.05, 0.1) is 0 Å². The van der Waals surface area contributed by atoms with Gasteiger partial charge in [0.15, 0.2) is 5.78 Å². The molecule has 2 N–H and O–H groups in total. The van der Waals surface area contributed by atoms with E-state index in [0.29, 0.717) is 18.5 Å². The van der Waals surface area contributed by atoms with Crippen molar-refractivity contribution in [2.75, 3.05) is 17.2 Å². The van der Waals surface area contributed by atoms with Crippen LogP contribution in [0.1, 0.15) is 34.8 Å². The van der Waals surface area contributed by atoms with Gasteiger partial charge in [-0.1, -0.05) is 18.2 Å². The number of ketones is 1. The van der Waals surface area contributed by atoms with E-state index in [-0.39, 0.29) is 11.7 Å². The number of benzene rings is 2. The van der Waals surface area contributed by atoms with Crippen LogP contribution >= 0.6 is 0 Å². The van der Waals surface area contributed by atoms with Crippen molar-refractivity contribution in [2.45, 2.75) is 27.2 Å². The van der Waals surface area contributed by atoms with Gasteiger partial charge in [0, 0.05) is 29.9 Å². The van der Waals surface area contributed by atoms with E-state index in [1.165, 1.54) is 12.5 Å². The van der Waals surface area contributed by atoms with Gasteiger partial charge in [0.25, 0.3) is 0 Å². The minimum Gasteiger partial charge on any atom is -0.385 e. The summed E-state index contributed by atoms with van der Waals surface area (Å²) in [6, 6.07) is 13.2. The Bertz CT molecular complexity index is 723. The lowest BCUT2D eigenvalue weighted by Gasteiger charge is -2.09. The number of rotatable bonds is 6. The maximum atomic E-state index is 12.0. The molecule has 0 spiro atoms. The topological polar surface area (TPSA) is 58.2 Å². The molecule has 2 rings (SSSR count). The van der Waals surface area contributed by atoms with Crippen molar-refractivity contribution < 1.29 is 9.59 Å². The highest BCUT2D eigenvalue weighted by atomic mass is 16.1. The van der Waals surface area contributed by atoms with Crippen molar-refractivity contribution in [3.05, 3.63) is 59.2 Å². The molecule has 4 heteroatoms. The largest absolute Gasteiger partial charge is 0.385 e. The lowest BCUT2D eigenvalue weighted by atomic mass is 10.1. The summed E-state index contributed by atoms with van der Waals surface area (Å²) in [5.74, 6) is -0.00962. The number of carbonyl (C=O) groups is 2. The lowest BCUT2D eigenvalue weighted by molar-refractivity contribution is -0.115. The summed E-state index contributed by atoms with van der Waals surface area (Å²) in [6.45, 7) is 6.11. The highest BCUT2D eigenvalue weighted by molar-refractivity contribution is 5.95. The molecule has 0 bridgehead atoms. The molecular weight excluding hydrogens is 288 g/mol. The summed E-state index contributed by atoms with van der Waals surface area (Å²) in [5, 5.41) is 6.06. The summed E-state index contributed by atoms with van der Waals surface area (Å²) in [4.78, 5) is 23.3. The normalized spacial score (nSPS) is 10.2. The zero-order chi connectivity index (χ0) is 16.8. The first kappa shape index (κ1) is 16.7. The molecule has 0 atom stereocenters. The Labute approximate surface area is 136 Å². The molecule has 2 aromatic carbocycles. The van der Waals surface area contributed by atoms with Crippen LogP contribution in [0.25, 0.3) is 0 Å². The zero-order valence-electron chi connectivity index (χ0n) is 13.8. The van der Waals surface area contributed by atoms with Crippen LogP contribution < -0.4 is 10.6 Å². The smallest absolute Gasteiger partial charge is 0.226 e. The Morgan fingerprint density at radius 1 is 0.957 bits per heavy atom. The Balaban J connectivity index is 1.84. The summed E-state index contributed by atoms with van der Waals surface area (Å²) in [5.41, 5.74) is 4.68. The maximum Gasteiger partial charge on any atom is 0.226 e. The van der Waals surface area contributed by atoms with Gasteiger partial charge in [0.1, 0.15) is 0 Å². The van der Waals surface area contributed by atoms with E-state index < -0.39 is 0 Å². The minimum atomic E-state index is -0.0384. The first-order chi connectivity index (χ1) is 11.0. The van der Waals surface area contributed by atoms with Gasteiger partial charge < -0.3 is 10.6 Å². The summed E-state index contributed by atoms with van der Waals surface area (Å²) in [7, 11) is 0. The van der Waals surface area contributed by atoms with Gasteiger partial charge >= 0.3 is 0 Å². The molecule has 120 valence electrons. The van der Waals surface area contributed by atoms with Gasteiger partial charge in [-0.2, -0.15) is 0 Å². The van der Waals surface area contributed by atoms with E-state index in [9.17, 15) is 9.59 Å². The second-order valence-electron chi connectivity index (χ2n) is 5.66. The van der Waals surface area contributed by atoms with Crippen molar-refractivity contribution in [3.8, 4) is 0 Å². The third-order valence-electron chi connectivity index (χ3n) is 3.74. The fourth-order valence-electron chi connectivity index (χ4n) is 2.21. The molecule has 0 fully saturated rings. The van der Waals surface area contributed by atoms with Crippen LogP contribution in [0.2, 0.25) is 0 Å². The number of hydrogen-bond acceptors (Lipinski definition) is 3. The Morgan fingerprint density at radius 2 is 1.74 bits per heavy atom. The second-order valence-corrected chi connectivity index (χ2v) is 5.66. The second kappa shape index (κ2) is 7.58. The molecule has 1 amide bonds. The third kappa shape index (κ3) is 4.95.